The van der Waals surface area contributed by atoms with Crippen LogP contribution in [0.25, 0.3) is 0 Å². The van der Waals surface area contributed by atoms with Crippen LogP contribution in [0.2, 0.25) is 0 Å². The number of rotatable bonds is 5. The first kappa shape index (κ1) is 14.6. The molecule has 0 fully saturated rings. The van der Waals surface area contributed by atoms with E-state index in [0.29, 0.717) is 12.4 Å². The van der Waals surface area contributed by atoms with Crippen LogP contribution in [0, 0.1) is 0 Å². The first-order valence-electron chi connectivity index (χ1n) is 6.21. The number of benzene rings is 2. The Hall–Kier alpha value is -1.81. The molecule has 0 aliphatic carbocycles. The zero-order valence-corrected chi connectivity index (χ0v) is 12.7. The smallest absolute Gasteiger partial charge is 0.310 e. The van der Waals surface area contributed by atoms with E-state index < -0.39 is 0 Å². The number of halogens is 1. The SMILES string of the molecule is COc1cc(Br)ccc1CC(=O)OCc1ccccc1. The molecule has 0 atom stereocenters. The summed E-state index contributed by atoms with van der Waals surface area (Å²) in [6.07, 6.45) is 0.198. The first-order valence-corrected chi connectivity index (χ1v) is 7.00. The van der Waals surface area contributed by atoms with Crippen molar-refractivity contribution < 1.29 is 14.3 Å². The van der Waals surface area contributed by atoms with E-state index in [1.165, 1.54) is 0 Å². The van der Waals surface area contributed by atoms with Crippen LogP contribution < -0.4 is 4.74 Å². The minimum atomic E-state index is -0.269. The molecule has 0 N–H and O–H groups in total. The highest BCUT2D eigenvalue weighted by atomic mass is 79.9. The Morgan fingerprint density at radius 3 is 2.60 bits per heavy atom. The molecule has 2 aromatic carbocycles. The molecular weight excluding hydrogens is 320 g/mol. The molecule has 0 bridgehead atoms. The third kappa shape index (κ3) is 4.10. The van der Waals surface area contributed by atoms with Crippen molar-refractivity contribution in [1.29, 1.82) is 0 Å². The van der Waals surface area contributed by atoms with Crippen LogP contribution in [-0.2, 0) is 22.6 Å². The summed E-state index contributed by atoms with van der Waals surface area (Å²) in [6.45, 7) is 0.290. The number of hydrogen-bond donors (Lipinski definition) is 0. The molecule has 2 aromatic rings. The van der Waals surface area contributed by atoms with Gasteiger partial charge >= 0.3 is 5.97 Å². The van der Waals surface area contributed by atoms with Gasteiger partial charge in [0.2, 0.25) is 0 Å². The maximum Gasteiger partial charge on any atom is 0.310 e. The van der Waals surface area contributed by atoms with E-state index in [1.807, 2.05) is 48.5 Å². The highest BCUT2D eigenvalue weighted by Gasteiger charge is 2.10. The average molecular weight is 335 g/mol. The van der Waals surface area contributed by atoms with Crippen LogP contribution in [0.15, 0.2) is 53.0 Å². The summed E-state index contributed by atoms with van der Waals surface area (Å²) in [4.78, 5) is 11.8. The monoisotopic (exact) mass is 334 g/mol. The number of carbonyl (C=O) groups is 1. The maximum absolute atomic E-state index is 11.8. The Kier molecular flexibility index (Phi) is 5.18. The van der Waals surface area contributed by atoms with E-state index in [1.54, 1.807) is 7.11 Å². The van der Waals surface area contributed by atoms with Crippen molar-refractivity contribution in [2.24, 2.45) is 0 Å². The summed E-state index contributed by atoms with van der Waals surface area (Å²) in [5.41, 5.74) is 1.79. The molecule has 0 unspecified atom stereocenters. The van der Waals surface area contributed by atoms with Crippen LogP contribution in [0.4, 0.5) is 0 Å². The molecule has 0 spiro atoms. The normalized spacial score (nSPS) is 10.1. The molecule has 0 radical (unpaired) electrons. The lowest BCUT2D eigenvalue weighted by Gasteiger charge is -2.09. The zero-order chi connectivity index (χ0) is 14.4. The number of ether oxygens (including phenoxy) is 2. The lowest BCUT2D eigenvalue weighted by Crippen LogP contribution is -2.09. The quantitative estimate of drug-likeness (QED) is 0.781. The Morgan fingerprint density at radius 2 is 1.90 bits per heavy atom. The van der Waals surface area contributed by atoms with Gasteiger partial charge in [0.05, 0.1) is 13.5 Å². The molecule has 20 heavy (non-hydrogen) atoms. The second-order valence-corrected chi connectivity index (χ2v) is 5.19. The molecular formula is C16H15BrO3. The zero-order valence-electron chi connectivity index (χ0n) is 11.1. The topological polar surface area (TPSA) is 35.5 Å². The third-order valence-corrected chi connectivity index (χ3v) is 3.32. The van der Waals surface area contributed by atoms with Crippen LogP contribution in [0.3, 0.4) is 0 Å². The van der Waals surface area contributed by atoms with Gasteiger partial charge in [0.25, 0.3) is 0 Å². The molecule has 0 aliphatic heterocycles. The minimum absolute atomic E-state index is 0.198. The van der Waals surface area contributed by atoms with E-state index >= 15 is 0 Å². The Balaban J connectivity index is 1.95. The summed E-state index contributed by atoms with van der Waals surface area (Å²) in [5, 5.41) is 0. The number of methoxy groups -OCH3 is 1. The molecule has 0 saturated heterocycles. The largest absolute Gasteiger partial charge is 0.496 e. The van der Waals surface area contributed by atoms with Crippen LogP contribution in [-0.4, -0.2) is 13.1 Å². The summed E-state index contributed by atoms with van der Waals surface area (Å²) in [5.74, 6) is 0.408. The van der Waals surface area contributed by atoms with Gasteiger partial charge in [-0.3, -0.25) is 4.79 Å². The van der Waals surface area contributed by atoms with E-state index in [4.69, 9.17) is 9.47 Å². The molecule has 0 saturated carbocycles. The van der Waals surface area contributed by atoms with Crippen molar-refractivity contribution in [2.45, 2.75) is 13.0 Å². The van der Waals surface area contributed by atoms with Crippen molar-refractivity contribution in [1.82, 2.24) is 0 Å². The molecule has 0 amide bonds. The standard InChI is InChI=1S/C16H15BrO3/c1-19-15-10-14(17)8-7-13(15)9-16(18)20-11-12-5-3-2-4-6-12/h2-8,10H,9,11H2,1H3. The lowest BCUT2D eigenvalue weighted by atomic mass is 10.1. The van der Waals surface area contributed by atoms with Gasteiger partial charge in [-0.25, -0.2) is 0 Å². The van der Waals surface area contributed by atoms with E-state index in [2.05, 4.69) is 15.9 Å². The van der Waals surface area contributed by atoms with Gasteiger partial charge in [-0.1, -0.05) is 52.3 Å². The Labute approximate surface area is 126 Å². The second-order valence-electron chi connectivity index (χ2n) is 4.28. The van der Waals surface area contributed by atoms with Gasteiger partial charge in [-0.2, -0.15) is 0 Å². The Bertz CT molecular complexity index is 582. The minimum Gasteiger partial charge on any atom is -0.496 e. The molecule has 0 aliphatic rings. The number of hydrogen-bond acceptors (Lipinski definition) is 3. The fourth-order valence-electron chi connectivity index (χ4n) is 1.81. The van der Waals surface area contributed by atoms with E-state index in [-0.39, 0.29) is 12.4 Å². The van der Waals surface area contributed by atoms with Gasteiger partial charge in [0.15, 0.2) is 0 Å². The third-order valence-electron chi connectivity index (χ3n) is 2.83. The highest BCUT2D eigenvalue weighted by Crippen LogP contribution is 2.24. The van der Waals surface area contributed by atoms with Gasteiger partial charge < -0.3 is 9.47 Å². The molecule has 104 valence electrons. The predicted octanol–water partition coefficient (Wildman–Crippen LogP) is 3.74. The van der Waals surface area contributed by atoms with Crippen LogP contribution >= 0.6 is 15.9 Å². The number of carbonyl (C=O) groups excluding carboxylic acids is 1. The maximum atomic E-state index is 11.8. The molecule has 3 nitrogen and oxygen atoms in total. The van der Waals surface area contributed by atoms with Crippen LogP contribution in [0.1, 0.15) is 11.1 Å². The highest BCUT2D eigenvalue weighted by molar-refractivity contribution is 9.10. The second kappa shape index (κ2) is 7.10. The number of esters is 1. The first-order chi connectivity index (χ1) is 9.69. The molecule has 0 aromatic heterocycles. The summed E-state index contributed by atoms with van der Waals surface area (Å²) >= 11 is 3.37. The van der Waals surface area contributed by atoms with Crippen molar-refractivity contribution in [3.8, 4) is 5.75 Å². The van der Waals surface area contributed by atoms with E-state index in [9.17, 15) is 4.79 Å². The van der Waals surface area contributed by atoms with Gasteiger partial charge in [0.1, 0.15) is 12.4 Å². The van der Waals surface area contributed by atoms with Gasteiger partial charge in [0, 0.05) is 10.0 Å². The summed E-state index contributed by atoms with van der Waals surface area (Å²) < 4.78 is 11.4. The lowest BCUT2D eigenvalue weighted by molar-refractivity contribution is -0.144. The molecule has 4 heteroatoms. The van der Waals surface area contributed by atoms with E-state index in [0.717, 1.165) is 15.6 Å². The van der Waals surface area contributed by atoms with Crippen molar-refractivity contribution in [3.05, 3.63) is 64.1 Å². The molecule has 2 rings (SSSR count). The van der Waals surface area contributed by atoms with Gasteiger partial charge in [-0.05, 0) is 17.7 Å². The van der Waals surface area contributed by atoms with Gasteiger partial charge in [-0.15, -0.1) is 0 Å². The summed E-state index contributed by atoms with van der Waals surface area (Å²) in [6, 6.07) is 15.2. The predicted molar refractivity (Wildman–Crippen MR) is 80.6 cm³/mol. The van der Waals surface area contributed by atoms with Crippen molar-refractivity contribution in [2.75, 3.05) is 7.11 Å². The van der Waals surface area contributed by atoms with Crippen molar-refractivity contribution in [3.63, 3.8) is 0 Å². The average Bonchev–Trinajstić information content (AvgIpc) is 2.48. The van der Waals surface area contributed by atoms with Crippen LogP contribution in [0.5, 0.6) is 5.75 Å². The fraction of sp³-hybridized carbons (Fsp3) is 0.188. The summed E-state index contributed by atoms with van der Waals surface area (Å²) in [7, 11) is 1.58. The Morgan fingerprint density at radius 1 is 1.15 bits per heavy atom. The van der Waals surface area contributed by atoms with Crippen molar-refractivity contribution >= 4 is 21.9 Å². The molecule has 0 heterocycles. The fourth-order valence-corrected chi connectivity index (χ4v) is 2.15.